The van der Waals surface area contributed by atoms with Gasteiger partial charge in [0.2, 0.25) is 10.0 Å². The zero-order valence-corrected chi connectivity index (χ0v) is 14.8. The van der Waals surface area contributed by atoms with E-state index in [9.17, 15) is 13.2 Å². The number of piperidine rings is 1. The third-order valence-corrected chi connectivity index (χ3v) is 6.82. The number of hydrogen-bond acceptors (Lipinski definition) is 4. The SMILES string of the molecule is CCCCS(=O)(=O)N1CCC(c2nn(C)c(=O)n2C2CC2)CC1. The second-order valence-corrected chi connectivity index (χ2v) is 8.80. The van der Waals surface area contributed by atoms with Gasteiger partial charge in [0, 0.05) is 32.1 Å². The van der Waals surface area contributed by atoms with Crippen molar-refractivity contribution in [2.45, 2.75) is 57.4 Å². The summed E-state index contributed by atoms with van der Waals surface area (Å²) in [5, 5.41) is 4.43. The van der Waals surface area contributed by atoms with Crippen molar-refractivity contribution in [2.75, 3.05) is 18.8 Å². The average Bonchev–Trinajstić information content (AvgIpc) is 3.32. The number of aromatic nitrogens is 3. The third kappa shape index (κ3) is 3.38. The fraction of sp³-hybridized carbons (Fsp3) is 0.867. The normalized spacial score (nSPS) is 21.0. The van der Waals surface area contributed by atoms with Crippen LogP contribution in [0.1, 0.15) is 63.2 Å². The minimum absolute atomic E-state index is 0.0412. The molecule has 1 aromatic heterocycles. The molecule has 0 atom stereocenters. The lowest BCUT2D eigenvalue weighted by atomic mass is 9.97. The Morgan fingerprint density at radius 3 is 2.39 bits per heavy atom. The van der Waals surface area contributed by atoms with Gasteiger partial charge in [-0.15, -0.1) is 0 Å². The van der Waals surface area contributed by atoms with E-state index in [1.165, 1.54) is 4.68 Å². The van der Waals surface area contributed by atoms with E-state index in [0.717, 1.165) is 37.9 Å². The highest BCUT2D eigenvalue weighted by Crippen LogP contribution is 2.37. The Bertz CT molecular complexity index is 710. The van der Waals surface area contributed by atoms with Crippen LogP contribution in [0, 0.1) is 0 Å². The maximum absolute atomic E-state index is 12.3. The van der Waals surface area contributed by atoms with Gasteiger partial charge in [0.25, 0.3) is 0 Å². The minimum Gasteiger partial charge on any atom is -0.276 e. The lowest BCUT2D eigenvalue weighted by Crippen LogP contribution is -2.39. The molecule has 130 valence electrons. The van der Waals surface area contributed by atoms with Crippen LogP contribution in [0.2, 0.25) is 0 Å². The van der Waals surface area contributed by atoms with Crippen molar-refractivity contribution in [1.29, 1.82) is 0 Å². The van der Waals surface area contributed by atoms with E-state index >= 15 is 0 Å². The summed E-state index contributed by atoms with van der Waals surface area (Å²) >= 11 is 0. The van der Waals surface area contributed by atoms with Crippen molar-refractivity contribution >= 4 is 10.0 Å². The molecule has 3 rings (SSSR count). The molecule has 23 heavy (non-hydrogen) atoms. The van der Waals surface area contributed by atoms with Gasteiger partial charge in [-0.2, -0.15) is 5.10 Å². The standard InChI is InChI=1S/C15H26N4O3S/c1-3-4-11-23(21,22)18-9-7-12(8-10-18)14-16-17(2)15(20)19(14)13-5-6-13/h12-13H,3-11H2,1-2H3. The Kier molecular flexibility index (Phi) is 4.64. The van der Waals surface area contributed by atoms with Crippen LogP contribution in [0.3, 0.4) is 0 Å². The molecule has 1 saturated heterocycles. The Balaban J connectivity index is 1.70. The van der Waals surface area contributed by atoms with E-state index in [0.29, 0.717) is 25.6 Å². The van der Waals surface area contributed by atoms with Crippen LogP contribution >= 0.6 is 0 Å². The topological polar surface area (TPSA) is 77.2 Å². The average molecular weight is 342 g/mol. The molecule has 0 unspecified atom stereocenters. The van der Waals surface area contributed by atoms with E-state index in [1.54, 1.807) is 11.4 Å². The quantitative estimate of drug-likeness (QED) is 0.779. The molecule has 2 aliphatic rings. The predicted octanol–water partition coefficient (Wildman–Crippen LogP) is 1.23. The first-order valence-electron chi connectivity index (χ1n) is 8.57. The molecule has 1 aliphatic heterocycles. The molecule has 0 amide bonds. The largest absolute Gasteiger partial charge is 0.345 e. The van der Waals surface area contributed by atoms with Crippen molar-refractivity contribution < 1.29 is 8.42 Å². The first-order valence-corrected chi connectivity index (χ1v) is 10.2. The molecule has 2 fully saturated rings. The van der Waals surface area contributed by atoms with Crippen molar-refractivity contribution in [1.82, 2.24) is 18.7 Å². The molecule has 1 aromatic rings. The maximum Gasteiger partial charge on any atom is 0.345 e. The maximum atomic E-state index is 12.3. The van der Waals surface area contributed by atoms with E-state index in [2.05, 4.69) is 5.10 Å². The van der Waals surface area contributed by atoms with E-state index in [4.69, 9.17) is 0 Å². The van der Waals surface area contributed by atoms with Crippen molar-refractivity contribution in [2.24, 2.45) is 7.05 Å². The van der Waals surface area contributed by atoms with Crippen molar-refractivity contribution in [3.8, 4) is 0 Å². The van der Waals surface area contributed by atoms with E-state index in [-0.39, 0.29) is 17.4 Å². The lowest BCUT2D eigenvalue weighted by molar-refractivity contribution is 0.308. The van der Waals surface area contributed by atoms with Crippen LogP contribution in [0.4, 0.5) is 0 Å². The third-order valence-electron chi connectivity index (χ3n) is 4.86. The smallest absolute Gasteiger partial charge is 0.276 e. The Morgan fingerprint density at radius 2 is 1.83 bits per heavy atom. The molecule has 1 aliphatic carbocycles. The van der Waals surface area contributed by atoms with Gasteiger partial charge in [0.15, 0.2) is 0 Å². The second-order valence-electron chi connectivity index (χ2n) is 6.71. The Hall–Kier alpha value is -1.15. The molecular weight excluding hydrogens is 316 g/mol. The Labute approximate surface area is 137 Å². The predicted molar refractivity (Wildman–Crippen MR) is 88.0 cm³/mol. The molecule has 0 radical (unpaired) electrons. The van der Waals surface area contributed by atoms with Gasteiger partial charge in [0.05, 0.1) is 5.75 Å². The molecule has 0 N–H and O–H groups in total. The number of sulfonamides is 1. The summed E-state index contributed by atoms with van der Waals surface area (Å²) in [7, 11) is -1.44. The van der Waals surface area contributed by atoms with Crippen LogP contribution in [0.5, 0.6) is 0 Å². The zero-order chi connectivity index (χ0) is 16.6. The number of aryl methyl sites for hydroxylation is 1. The molecule has 8 heteroatoms. The summed E-state index contributed by atoms with van der Waals surface area (Å²) in [6.07, 6.45) is 5.18. The molecule has 1 saturated carbocycles. The minimum atomic E-state index is -3.13. The second kappa shape index (κ2) is 6.39. The summed E-state index contributed by atoms with van der Waals surface area (Å²) in [6, 6.07) is 0.303. The van der Waals surface area contributed by atoms with Crippen LogP contribution in [0.15, 0.2) is 4.79 Å². The van der Waals surface area contributed by atoms with Gasteiger partial charge in [-0.25, -0.2) is 22.2 Å². The Morgan fingerprint density at radius 1 is 1.17 bits per heavy atom. The molecule has 0 aromatic carbocycles. The van der Waals surface area contributed by atoms with Gasteiger partial charge in [-0.1, -0.05) is 13.3 Å². The first-order chi connectivity index (χ1) is 10.9. The summed E-state index contributed by atoms with van der Waals surface area (Å²) in [6.45, 7) is 3.07. The molecule has 0 spiro atoms. The van der Waals surface area contributed by atoms with Gasteiger partial charge in [-0.05, 0) is 32.1 Å². The summed E-state index contributed by atoms with van der Waals surface area (Å²) in [4.78, 5) is 12.2. The number of rotatable bonds is 6. The number of nitrogens with zero attached hydrogens (tertiary/aromatic N) is 4. The molecule has 2 heterocycles. The first kappa shape index (κ1) is 16.7. The zero-order valence-electron chi connectivity index (χ0n) is 13.9. The van der Waals surface area contributed by atoms with Crippen molar-refractivity contribution in [3.05, 3.63) is 16.3 Å². The molecule has 0 bridgehead atoms. The lowest BCUT2D eigenvalue weighted by Gasteiger charge is -2.30. The summed E-state index contributed by atoms with van der Waals surface area (Å²) in [5.41, 5.74) is -0.0412. The van der Waals surface area contributed by atoms with Gasteiger partial charge in [-0.3, -0.25) is 4.57 Å². The van der Waals surface area contributed by atoms with Crippen LogP contribution in [-0.4, -0.2) is 45.9 Å². The summed E-state index contributed by atoms with van der Waals surface area (Å²) < 4.78 is 29.4. The number of hydrogen-bond donors (Lipinski definition) is 0. The summed E-state index contributed by atoms with van der Waals surface area (Å²) in [5.74, 6) is 1.28. The van der Waals surface area contributed by atoms with Crippen LogP contribution in [0.25, 0.3) is 0 Å². The molecular formula is C15H26N4O3S. The fourth-order valence-corrected chi connectivity index (χ4v) is 4.98. The van der Waals surface area contributed by atoms with Gasteiger partial charge >= 0.3 is 5.69 Å². The van der Waals surface area contributed by atoms with Crippen LogP contribution in [-0.2, 0) is 17.1 Å². The van der Waals surface area contributed by atoms with E-state index < -0.39 is 10.0 Å². The number of unbranched alkanes of at least 4 members (excludes halogenated alkanes) is 1. The molecule has 7 nitrogen and oxygen atoms in total. The van der Waals surface area contributed by atoms with Gasteiger partial charge in [0.1, 0.15) is 5.82 Å². The van der Waals surface area contributed by atoms with Crippen LogP contribution < -0.4 is 5.69 Å². The highest BCUT2D eigenvalue weighted by atomic mass is 32.2. The highest BCUT2D eigenvalue weighted by molar-refractivity contribution is 7.89. The van der Waals surface area contributed by atoms with E-state index in [1.807, 2.05) is 11.5 Å². The van der Waals surface area contributed by atoms with Crippen molar-refractivity contribution in [3.63, 3.8) is 0 Å². The van der Waals surface area contributed by atoms with Gasteiger partial charge < -0.3 is 0 Å². The highest BCUT2D eigenvalue weighted by Gasteiger charge is 2.35. The fourth-order valence-electron chi connectivity index (χ4n) is 3.30. The monoisotopic (exact) mass is 342 g/mol.